The summed E-state index contributed by atoms with van der Waals surface area (Å²) in [6.45, 7) is 2.25. The number of halogens is 1. The Labute approximate surface area is 152 Å². The van der Waals surface area contributed by atoms with E-state index in [1.54, 1.807) is 23.0 Å². The molecule has 1 aromatic heterocycles. The standard InChI is InChI=1S/C18H19N3O3.ClH/c1-11-7-12(17(23)16-13(11)8-14(19)18(16)24)9-20-15(22)10-21-5-3-2-4-6-21;/h2-7,18-19,24H,8-10H2,1H3,(H-,20,22,23);1H. The fourth-order valence-corrected chi connectivity index (χ4v) is 3.03. The molecule has 0 fully saturated rings. The Balaban J connectivity index is 0.00000225. The Bertz CT molecular complexity index is 809. The van der Waals surface area contributed by atoms with Gasteiger partial charge in [0.25, 0.3) is 5.91 Å². The number of rotatable bonds is 4. The highest BCUT2D eigenvalue weighted by Gasteiger charge is 2.31. The number of aromatic hydroxyl groups is 1. The Morgan fingerprint density at radius 2 is 2.04 bits per heavy atom. The first kappa shape index (κ1) is 18.9. The maximum atomic E-state index is 12.0. The van der Waals surface area contributed by atoms with Crippen LogP contribution in [0.1, 0.15) is 28.4 Å². The van der Waals surface area contributed by atoms with Crippen molar-refractivity contribution in [3.8, 4) is 5.75 Å². The molecule has 1 aliphatic carbocycles. The molecule has 1 atom stereocenters. The van der Waals surface area contributed by atoms with E-state index in [-0.39, 0.29) is 42.9 Å². The second-order valence-electron chi connectivity index (χ2n) is 6.02. The number of aromatic nitrogens is 1. The number of carbonyl (C=O) groups excluding carboxylic acids is 1. The van der Waals surface area contributed by atoms with Crippen LogP contribution in [0.5, 0.6) is 5.75 Å². The van der Waals surface area contributed by atoms with Gasteiger partial charge in [0.05, 0.1) is 0 Å². The van der Waals surface area contributed by atoms with Crippen molar-refractivity contribution in [1.29, 1.82) is 5.41 Å². The molecular weight excluding hydrogens is 342 g/mol. The van der Waals surface area contributed by atoms with Gasteiger partial charge in [-0.25, -0.2) is 0 Å². The number of nitrogens with zero attached hydrogens (tertiary/aromatic N) is 1. The number of phenolic OH excluding ortho intramolecular Hbond substituents is 1. The van der Waals surface area contributed by atoms with Gasteiger partial charge in [0.2, 0.25) is 6.54 Å². The van der Waals surface area contributed by atoms with E-state index < -0.39 is 6.10 Å². The predicted octanol–water partition coefficient (Wildman–Crippen LogP) is -2.08. The Hall–Kier alpha value is -2.44. The molecule has 0 bridgehead atoms. The minimum atomic E-state index is -1.06. The molecule has 1 aromatic carbocycles. The van der Waals surface area contributed by atoms with Crippen LogP contribution >= 0.6 is 0 Å². The largest absolute Gasteiger partial charge is 1.00 e. The van der Waals surface area contributed by atoms with Crippen LogP contribution in [0.2, 0.25) is 0 Å². The number of hydrogen-bond acceptors (Lipinski definition) is 4. The molecule has 2 aromatic rings. The molecule has 4 N–H and O–H groups in total. The van der Waals surface area contributed by atoms with Crippen LogP contribution in [0.15, 0.2) is 36.7 Å². The Morgan fingerprint density at radius 3 is 2.72 bits per heavy atom. The average molecular weight is 362 g/mol. The van der Waals surface area contributed by atoms with Crippen LogP contribution < -0.4 is 22.3 Å². The molecule has 1 unspecified atom stereocenters. The van der Waals surface area contributed by atoms with Gasteiger partial charge in [-0.2, -0.15) is 4.57 Å². The fourth-order valence-electron chi connectivity index (χ4n) is 3.03. The summed E-state index contributed by atoms with van der Waals surface area (Å²) >= 11 is 0. The van der Waals surface area contributed by atoms with E-state index in [1.165, 1.54) is 0 Å². The van der Waals surface area contributed by atoms with Crippen molar-refractivity contribution in [3.05, 3.63) is 58.9 Å². The number of nitrogens with one attached hydrogen (secondary N) is 2. The van der Waals surface area contributed by atoms with E-state index in [4.69, 9.17) is 5.41 Å². The molecule has 6 nitrogen and oxygen atoms in total. The van der Waals surface area contributed by atoms with E-state index >= 15 is 0 Å². The number of pyridine rings is 1. The number of benzene rings is 1. The van der Waals surface area contributed by atoms with Gasteiger partial charge >= 0.3 is 0 Å². The van der Waals surface area contributed by atoms with Crippen LogP contribution in [0.4, 0.5) is 0 Å². The summed E-state index contributed by atoms with van der Waals surface area (Å²) in [5, 5.41) is 31.0. The first-order valence-electron chi connectivity index (χ1n) is 7.77. The molecule has 0 aliphatic heterocycles. The van der Waals surface area contributed by atoms with Crippen LogP contribution in [0.3, 0.4) is 0 Å². The second-order valence-corrected chi connectivity index (χ2v) is 6.02. The second kappa shape index (κ2) is 7.63. The van der Waals surface area contributed by atoms with E-state index in [0.717, 1.165) is 11.1 Å². The molecule has 25 heavy (non-hydrogen) atoms. The maximum Gasteiger partial charge on any atom is 0.286 e. The molecule has 0 saturated carbocycles. The van der Waals surface area contributed by atoms with Crippen molar-refractivity contribution in [1.82, 2.24) is 5.32 Å². The number of phenols is 1. The zero-order valence-corrected chi connectivity index (χ0v) is 14.5. The SMILES string of the molecule is Cc1cc(CNC(=O)C[n+]2ccccc2)c(O)c2c1CC(=N)C2O.[Cl-]. The zero-order valence-electron chi connectivity index (χ0n) is 13.8. The van der Waals surface area contributed by atoms with Crippen molar-refractivity contribution < 1.29 is 32.0 Å². The third-order valence-corrected chi connectivity index (χ3v) is 4.30. The first-order valence-corrected chi connectivity index (χ1v) is 7.77. The highest BCUT2D eigenvalue weighted by molar-refractivity contribution is 5.95. The first-order chi connectivity index (χ1) is 11.5. The van der Waals surface area contributed by atoms with Gasteiger partial charge in [0.1, 0.15) is 11.9 Å². The molecule has 1 amide bonds. The summed E-state index contributed by atoms with van der Waals surface area (Å²) in [6, 6.07) is 7.37. The van der Waals surface area contributed by atoms with Crippen LogP contribution in [0.25, 0.3) is 0 Å². The minimum Gasteiger partial charge on any atom is -1.00 e. The molecule has 0 spiro atoms. The van der Waals surface area contributed by atoms with Gasteiger partial charge in [-0.3, -0.25) is 4.79 Å². The van der Waals surface area contributed by atoms with Gasteiger partial charge in [0.15, 0.2) is 12.4 Å². The minimum absolute atomic E-state index is 0. The van der Waals surface area contributed by atoms with Crippen molar-refractivity contribution >= 4 is 11.6 Å². The lowest BCUT2D eigenvalue weighted by Crippen LogP contribution is -3.00. The van der Waals surface area contributed by atoms with Crippen LogP contribution in [0, 0.1) is 12.3 Å². The van der Waals surface area contributed by atoms with Crippen molar-refractivity contribution in [3.63, 3.8) is 0 Å². The normalized spacial score (nSPS) is 15.4. The lowest BCUT2D eigenvalue weighted by molar-refractivity contribution is -0.684. The number of amides is 1. The number of aliphatic hydroxyl groups is 1. The lowest BCUT2D eigenvalue weighted by Gasteiger charge is -2.14. The molecular formula is C18H20ClN3O3. The van der Waals surface area contributed by atoms with Crippen molar-refractivity contribution in [2.24, 2.45) is 0 Å². The molecule has 132 valence electrons. The lowest BCUT2D eigenvalue weighted by atomic mass is 9.98. The fraction of sp³-hybridized carbons (Fsp3) is 0.278. The number of aliphatic hydroxyl groups excluding tert-OH is 1. The van der Waals surface area contributed by atoms with Crippen LogP contribution in [-0.2, 0) is 24.3 Å². The molecule has 0 saturated heterocycles. The van der Waals surface area contributed by atoms with Crippen molar-refractivity contribution in [2.45, 2.75) is 32.5 Å². The molecule has 3 rings (SSSR count). The summed E-state index contributed by atoms with van der Waals surface area (Å²) in [7, 11) is 0. The van der Waals surface area contributed by atoms with E-state index in [9.17, 15) is 15.0 Å². The van der Waals surface area contributed by atoms with E-state index in [0.29, 0.717) is 17.5 Å². The third kappa shape index (κ3) is 3.81. The summed E-state index contributed by atoms with van der Waals surface area (Å²) in [6.07, 6.45) is 2.90. The van der Waals surface area contributed by atoms with Gasteiger partial charge < -0.3 is 33.3 Å². The highest BCUT2D eigenvalue weighted by Crippen LogP contribution is 2.39. The molecule has 1 heterocycles. The summed E-state index contributed by atoms with van der Waals surface area (Å²) in [5.41, 5.74) is 2.85. The number of fused-ring (bicyclic) bond motifs is 1. The quantitative estimate of drug-likeness (QED) is 0.470. The van der Waals surface area contributed by atoms with E-state index in [1.807, 2.05) is 25.1 Å². The van der Waals surface area contributed by atoms with E-state index in [2.05, 4.69) is 5.32 Å². The van der Waals surface area contributed by atoms with Crippen molar-refractivity contribution in [2.75, 3.05) is 0 Å². The van der Waals surface area contributed by atoms with Gasteiger partial charge in [-0.15, -0.1) is 0 Å². The zero-order chi connectivity index (χ0) is 17.3. The topological polar surface area (TPSA) is 97.3 Å². The maximum absolute atomic E-state index is 12.0. The highest BCUT2D eigenvalue weighted by atomic mass is 35.5. The van der Waals surface area contributed by atoms with Crippen LogP contribution in [-0.4, -0.2) is 21.8 Å². The Morgan fingerprint density at radius 1 is 1.36 bits per heavy atom. The summed E-state index contributed by atoms with van der Waals surface area (Å²) < 4.78 is 1.76. The molecule has 1 aliphatic rings. The Kier molecular flexibility index (Phi) is 5.77. The smallest absolute Gasteiger partial charge is 0.286 e. The average Bonchev–Trinajstić information content (AvgIpc) is 2.87. The number of carbonyl (C=O) groups is 1. The predicted molar refractivity (Wildman–Crippen MR) is 87.7 cm³/mol. The van der Waals surface area contributed by atoms with Gasteiger partial charge in [-0.1, -0.05) is 12.1 Å². The van der Waals surface area contributed by atoms with Gasteiger partial charge in [0, 0.05) is 41.9 Å². The molecule has 7 heteroatoms. The number of hydrogen-bond donors (Lipinski definition) is 4. The molecule has 0 radical (unpaired) electrons. The summed E-state index contributed by atoms with van der Waals surface area (Å²) in [4.78, 5) is 12.0. The monoisotopic (exact) mass is 361 g/mol. The summed E-state index contributed by atoms with van der Waals surface area (Å²) in [5.74, 6) is -0.199. The third-order valence-electron chi connectivity index (χ3n) is 4.30. The van der Waals surface area contributed by atoms with Gasteiger partial charge in [-0.05, 0) is 18.1 Å². The number of aryl methyl sites for hydroxylation is 1.